The predicted octanol–water partition coefficient (Wildman–Crippen LogP) is 2.65. The molecular formula is C7H5ClN2S. The van der Waals surface area contributed by atoms with E-state index in [0.717, 1.165) is 15.9 Å². The van der Waals surface area contributed by atoms with Crippen molar-refractivity contribution in [3.8, 4) is 0 Å². The highest BCUT2D eigenvalue weighted by molar-refractivity contribution is 7.16. The van der Waals surface area contributed by atoms with Crippen LogP contribution in [0.15, 0.2) is 11.6 Å². The van der Waals surface area contributed by atoms with Crippen molar-refractivity contribution in [3.05, 3.63) is 22.3 Å². The zero-order chi connectivity index (χ0) is 7.84. The van der Waals surface area contributed by atoms with Gasteiger partial charge in [0.15, 0.2) is 0 Å². The van der Waals surface area contributed by atoms with Gasteiger partial charge in [-0.3, -0.25) is 0 Å². The van der Waals surface area contributed by atoms with Gasteiger partial charge in [0.1, 0.15) is 15.5 Å². The van der Waals surface area contributed by atoms with E-state index in [4.69, 9.17) is 11.6 Å². The quantitative estimate of drug-likeness (QED) is 0.589. The molecule has 4 heteroatoms. The normalized spacial score (nSPS) is 10.7. The highest BCUT2D eigenvalue weighted by atomic mass is 35.5. The second-order valence-corrected chi connectivity index (χ2v) is 3.49. The van der Waals surface area contributed by atoms with Crippen molar-refractivity contribution in [1.82, 2.24) is 9.97 Å². The van der Waals surface area contributed by atoms with Gasteiger partial charge in [0, 0.05) is 0 Å². The number of hydrogen-bond donors (Lipinski definition) is 0. The molecule has 0 radical (unpaired) electrons. The van der Waals surface area contributed by atoms with E-state index in [1.165, 1.54) is 11.3 Å². The van der Waals surface area contributed by atoms with Crippen LogP contribution in [0.4, 0.5) is 0 Å². The lowest BCUT2D eigenvalue weighted by atomic mass is 10.3. The van der Waals surface area contributed by atoms with Crippen molar-refractivity contribution >= 4 is 33.3 Å². The van der Waals surface area contributed by atoms with Gasteiger partial charge in [-0.05, 0) is 18.6 Å². The minimum absolute atomic E-state index is 0.541. The Balaban J connectivity index is 2.91. The third-order valence-electron chi connectivity index (χ3n) is 1.47. The van der Waals surface area contributed by atoms with Crippen LogP contribution in [0.3, 0.4) is 0 Å². The van der Waals surface area contributed by atoms with E-state index in [0.29, 0.717) is 5.15 Å². The van der Waals surface area contributed by atoms with Gasteiger partial charge >= 0.3 is 0 Å². The molecule has 0 aromatic carbocycles. The number of nitrogens with zero attached hydrogens (tertiary/aromatic N) is 2. The van der Waals surface area contributed by atoms with Crippen molar-refractivity contribution in [2.24, 2.45) is 0 Å². The zero-order valence-corrected chi connectivity index (χ0v) is 7.41. The van der Waals surface area contributed by atoms with Crippen molar-refractivity contribution in [2.75, 3.05) is 0 Å². The summed E-state index contributed by atoms with van der Waals surface area (Å²) >= 11 is 7.26. The standard InChI is InChI=1S/C7H5ClN2S/c1-4-2-5(8)10-7-6(4)9-3-11-7/h2-3H,1H3. The molecule has 2 heterocycles. The molecule has 0 bridgehead atoms. The topological polar surface area (TPSA) is 25.8 Å². The van der Waals surface area contributed by atoms with Crippen molar-refractivity contribution in [2.45, 2.75) is 6.92 Å². The monoisotopic (exact) mass is 184 g/mol. The zero-order valence-electron chi connectivity index (χ0n) is 5.84. The number of pyridine rings is 1. The number of fused-ring (bicyclic) bond motifs is 1. The molecule has 0 N–H and O–H groups in total. The minimum atomic E-state index is 0.541. The molecule has 0 fully saturated rings. The maximum Gasteiger partial charge on any atom is 0.145 e. The highest BCUT2D eigenvalue weighted by Crippen LogP contribution is 2.21. The second kappa shape index (κ2) is 2.43. The van der Waals surface area contributed by atoms with Crippen LogP contribution in [0.1, 0.15) is 5.56 Å². The summed E-state index contributed by atoms with van der Waals surface area (Å²) in [5.41, 5.74) is 3.82. The van der Waals surface area contributed by atoms with E-state index in [2.05, 4.69) is 9.97 Å². The van der Waals surface area contributed by atoms with E-state index >= 15 is 0 Å². The molecular weight excluding hydrogens is 180 g/mol. The Labute approximate surface area is 72.9 Å². The molecule has 0 aliphatic carbocycles. The van der Waals surface area contributed by atoms with E-state index in [-0.39, 0.29) is 0 Å². The van der Waals surface area contributed by atoms with E-state index < -0.39 is 0 Å². The lowest BCUT2D eigenvalue weighted by Crippen LogP contribution is -1.80. The highest BCUT2D eigenvalue weighted by Gasteiger charge is 2.02. The molecule has 0 saturated carbocycles. The summed E-state index contributed by atoms with van der Waals surface area (Å²) in [5.74, 6) is 0. The van der Waals surface area contributed by atoms with Crippen LogP contribution < -0.4 is 0 Å². The van der Waals surface area contributed by atoms with Crippen LogP contribution in [-0.4, -0.2) is 9.97 Å². The Kier molecular flexibility index (Phi) is 1.55. The van der Waals surface area contributed by atoms with Crippen LogP contribution in [0, 0.1) is 6.92 Å². The molecule has 11 heavy (non-hydrogen) atoms. The molecule has 2 aromatic heterocycles. The average Bonchev–Trinajstić information content (AvgIpc) is 2.34. The van der Waals surface area contributed by atoms with E-state index in [1.807, 2.05) is 13.0 Å². The molecule has 0 unspecified atom stereocenters. The van der Waals surface area contributed by atoms with Crippen molar-refractivity contribution in [3.63, 3.8) is 0 Å². The van der Waals surface area contributed by atoms with Gasteiger partial charge in [-0.25, -0.2) is 9.97 Å². The number of aryl methyl sites for hydroxylation is 1. The number of hydrogen-bond acceptors (Lipinski definition) is 3. The predicted molar refractivity (Wildman–Crippen MR) is 47.2 cm³/mol. The number of thiazole rings is 1. The number of halogens is 1. The summed E-state index contributed by atoms with van der Waals surface area (Å²) in [7, 11) is 0. The van der Waals surface area contributed by atoms with Crippen LogP contribution in [-0.2, 0) is 0 Å². The van der Waals surface area contributed by atoms with Crippen molar-refractivity contribution < 1.29 is 0 Å². The molecule has 0 aliphatic heterocycles. The molecule has 2 nitrogen and oxygen atoms in total. The maximum atomic E-state index is 5.75. The minimum Gasteiger partial charge on any atom is -0.243 e. The van der Waals surface area contributed by atoms with Gasteiger partial charge in [-0.15, -0.1) is 11.3 Å². The Bertz CT molecular complexity index is 396. The lowest BCUT2D eigenvalue weighted by molar-refractivity contribution is 1.35. The third-order valence-corrected chi connectivity index (χ3v) is 2.38. The number of aromatic nitrogens is 2. The van der Waals surface area contributed by atoms with Gasteiger partial charge in [0.25, 0.3) is 0 Å². The first-order chi connectivity index (χ1) is 5.27. The molecule has 0 aliphatic rings. The summed E-state index contributed by atoms with van der Waals surface area (Å²) in [4.78, 5) is 9.19. The molecule has 0 saturated heterocycles. The van der Waals surface area contributed by atoms with Gasteiger partial charge in [0.05, 0.1) is 5.51 Å². The Hall–Kier alpha value is -0.670. The first kappa shape index (κ1) is 7.00. The summed E-state index contributed by atoms with van der Waals surface area (Å²) in [6, 6.07) is 1.82. The summed E-state index contributed by atoms with van der Waals surface area (Å²) in [6.07, 6.45) is 0. The van der Waals surface area contributed by atoms with Crippen LogP contribution in [0.25, 0.3) is 10.3 Å². The fraction of sp³-hybridized carbons (Fsp3) is 0.143. The van der Waals surface area contributed by atoms with Gasteiger partial charge in [0.2, 0.25) is 0 Å². The third kappa shape index (κ3) is 1.10. The Morgan fingerprint density at radius 3 is 3.18 bits per heavy atom. The fourth-order valence-electron chi connectivity index (χ4n) is 0.966. The largest absolute Gasteiger partial charge is 0.243 e. The van der Waals surface area contributed by atoms with Gasteiger partial charge < -0.3 is 0 Å². The van der Waals surface area contributed by atoms with Crippen LogP contribution >= 0.6 is 22.9 Å². The number of rotatable bonds is 0. The summed E-state index contributed by atoms with van der Waals surface area (Å²) < 4.78 is 0. The SMILES string of the molecule is Cc1cc(Cl)nc2scnc12. The average molecular weight is 185 g/mol. The summed E-state index contributed by atoms with van der Waals surface area (Å²) in [6.45, 7) is 1.98. The molecule has 0 atom stereocenters. The molecule has 2 aromatic rings. The van der Waals surface area contributed by atoms with Gasteiger partial charge in [-0.2, -0.15) is 0 Å². The molecule has 0 amide bonds. The molecule has 2 rings (SSSR count). The van der Waals surface area contributed by atoms with Crippen LogP contribution in [0.5, 0.6) is 0 Å². The Morgan fingerprint density at radius 1 is 1.55 bits per heavy atom. The Morgan fingerprint density at radius 2 is 2.36 bits per heavy atom. The molecule has 0 spiro atoms. The van der Waals surface area contributed by atoms with Crippen molar-refractivity contribution in [1.29, 1.82) is 0 Å². The second-order valence-electron chi connectivity index (χ2n) is 2.27. The van der Waals surface area contributed by atoms with Crippen LogP contribution in [0.2, 0.25) is 5.15 Å². The van der Waals surface area contributed by atoms with E-state index in [1.54, 1.807) is 5.51 Å². The van der Waals surface area contributed by atoms with Gasteiger partial charge in [-0.1, -0.05) is 11.6 Å². The maximum absolute atomic E-state index is 5.75. The lowest BCUT2D eigenvalue weighted by Gasteiger charge is -1.93. The first-order valence-corrected chi connectivity index (χ1v) is 4.39. The summed E-state index contributed by atoms with van der Waals surface area (Å²) in [5, 5.41) is 0.541. The fourth-order valence-corrected chi connectivity index (χ4v) is 2.00. The van der Waals surface area contributed by atoms with E-state index in [9.17, 15) is 0 Å². The first-order valence-electron chi connectivity index (χ1n) is 3.14. The molecule has 56 valence electrons. The smallest absolute Gasteiger partial charge is 0.145 e.